The number of rotatable bonds is 7. The topological polar surface area (TPSA) is 90.1 Å². The Morgan fingerprint density at radius 3 is 2.74 bits per heavy atom. The molecule has 0 saturated carbocycles. The Bertz CT molecular complexity index is 1010. The predicted molar refractivity (Wildman–Crippen MR) is 112 cm³/mol. The van der Waals surface area contributed by atoms with E-state index >= 15 is 0 Å². The summed E-state index contributed by atoms with van der Waals surface area (Å²) in [7, 11) is 1.66. The molecule has 0 unspecified atom stereocenters. The number of anilines is 2. The van der Waals surface area contributed by atoms with Crippen LogP contribution in [0.1, 0.15) is 23.0 Å². The van der Waals surface area contributed by atoms with Crippen molar-refractivity contribution in [3.05, 3.63) is 33.1 Å². The van der Waals surface area contributed by atoms with E-state index in [1.54, 1.807) is 19.2 Å². The van der Waals surface area contributed by atoms with Gasteiger partial charge in [-0.05, 0) is 18.6 Å². The van der Waals surface area contributed by atoms with Crippen LogP contribution in [0.4, 0.5) is 11.6 Å². The molecule has 142 valence electrons. The Kier molecular flexibility index (Phi) is 6.16. The highest BCUT2D eigenvalue weighted by Gasteiger charge is 2.20. The number of carbonyl (C=O) groups is 1. The maximum Gasteiger partial charge on any atom is 0.224 e. The minimum absolute atomic E-state index is 0.106. The summed E-state index contributed by atoms with van der Waals surface area (Å²) in [6, 6.07) is 5.24. The van der Waals surface area contributed by atoms with Gasteiger partial charge in [-0.25, -0.2) is 9.97 Å². The van der Waals surface area contributed by atoms with Gasteiger partial charge in [0.05, 0.1) is 31.7 Å². The Morgan fingerprint density at radius 1 is 1.30 bits per heavy atom. The molecule has 2 aromatic heterocycles. The maximum absolute atomic E-state index is 11.9. The first kappa shape index (κ1) is 19.8. The van der Waals surface area contributed by atoms with Crippen molar-refractivity contribution in [2.75, 3.05) is 31.3 Å². The molecule has 3 N–H and O–H groups in total. The van der Waals surface area contributed by atoms with E-state index in [-0.39, 0.29) is 5.78 Å². The molecule has 0 fully saturated rings. The average molecular weight is 425 g/mol. The van der Waals surface area contributed by atoms with Crippen LogP contribution in [0.3, 0.4) is 0 Å². The van der Waals surface area contributed by atoms with Crippen LogP contribution in [-0.4, -0.2) is 36.0 Å². The third-order valence-electron chi connectivity index (χ3n) is 3.91. The molecule has 0 amide bonds. The van der Waals surface area contributed by atoms with E-state index in [1.807, 2.05) is 6.07 Å². The van der Waals surface area contributed by atoms with Crippen LogP contribution in [-0.2, 0) is 4.74 Å². The molecule has 9 heteroatoms. The third kappa shape index (κ3) is 4.16. The van der Waals surface area contributed by atoms with E-state index in [2.05, 4.69) is 15.3 Å². The highest BCUT2D eigenvalue weighted by molar-refractivity contribution is 7.21. The van der Waals surface area contributed by atoms with E-state index in [0.717, 1.165) is 12.0 Å². The van der Waals surface area contributed by atoms with Gasteiger partial charge in [-0.3, -0.25) is 4.79 Å². The zero-order valence-corrected chi connectivity index (χ0v) is 17.1. The molecule has 0 radical (unpaired) electrons. The van der Waals surface area contributed by atoms with Gasteiger partial charge in [-0.2, -0.15) is 0 Å². The molecule has 0 spiro atoms. The van der Waals surface area contributed by atoms with Gasteiger partial charge in [-0.15, -0.1) is 11.3 Å². The number of nitrogens with zero attached hydrogens (tertiary/aromatic N) is 2. The average Bonchev–Trinajstić information content (AvgIpc) is 2.97. The number of fused-ring (bicyclic) bond motifs is 1. The van der Waals surface area contributed by atoms with Gasteiger partial charge in [0.1, 0.15) is 4.83 Å². The number of benzene rings is 1. The number of carbonyl (C=O) groups excluding carboxylic acids is 1. The second-order valence-corrected chi connectivity index (χ2v) is 7.69. The molecule has 0 aliphatic rings. The zero-order chi connectivity index (χ0) is 19.6. The highest BCUT2D eigenvalue weighted by atomic mass is 35.5. The van der Waals surface area contributed by atoms with Crippen LogP contribution >= 0.6 is 34.5 Å². The normalized spacial score (nSPS) is 11.1. The predicted octanol–water partition coefficient (Wildman–Crippen LogP) is 4.90. The molecule has 0 aliphatic carbocycles. The zero-order valence-electron chi connectivity index (χ0n) is 14.8. The lowest BCUT2D eigenvalue weighted by atomic mass is 10.1. The molecule has 0 saturated heterocycles. The fraction of sp³-hybridized carbons (Fsp3) is 0.278. The van der Waals surface area contributed by atoms with E-state index in [0.29, 0.717) is 55.6 Å². The highest BCUT2D eigenvalue weighted by Crippen LogP contribution is 2.40. The molecule has 2 heterocycles. The maximum atomic E-state index is 11.9. The van der Waals surface area contributed by atoms with Gasteiger partial charge in [0, 0.05) is 32.7 Å². The third-order valence-corrected chi connectivity index (χ3v) is 5.85. The Hall–Kier alpha value is -1.93. The van der Waals surface area contributed by atoms with Crippen molar-refractivity contribution in [1.82, 2.24) is 9.97 Å². The van der Waals surface area contributed by atoms with Crippen molar-refractivity contribution in [2.45, 2.75) is 13.3 Å². The smallest absolute Gasteiger partial charge is 0.224 e. The van der Waals surface area contributed by atoms with Gasteiger partial charge in [-0.1, -0.05) is 29.3 Å². The van der Waals surface area contributed by atoms with E-state index in [4.69, 9.17) is 33.7 Å². The minimum Gasteiger partial charge on any atom is -0.397 e. The van der Waals surface area contributed by atoms with Crippen LogP contribution in [0.2, 0.25) is 10.0 Å². The number of hydrogen-bond donors (Lipinski definition) is 2. The number of nitrogens with one attached hydrogen (secondary N) is 1. The van der Waals surface area contributed by atoms with E-state index < -0.39 is 0 Å². The summed E-state index contributed by atoms with van der Waals surface area (Å²) in [5.41, 5.74) is 7.99. The number of ether oxygens (including phenoxy) is 1. The van der Waals surface area contributed by atoms with E-state index in [1.165, 1.54) is 18.3 Å². The van der Waals surface area contributed by atoms with Gasteiger partial charge in [0.25, 0.3) is 0 Å². The number of halogens is 2. The summed E-state index contributed by atoms with van der Waals surface area (Å²) < 4.78 is 5.05. The quantitative estimate of drug-likeness (QED) is 0.414. The van der Waals surface area contributed by atoms with Gasteiger partial charge < -0.3 is 15.8 Å². The van der Waals surface area contributed by atoms with Crippen LogP contribution in [0.15, 0.2) is 18.2 Å². The van der Waals surface area contributed by atoms with Crippen molar-refractivity contribution >= 4 is 62.2 Å². The summed E-state index contributed by atoms with van der Waals surface area (Å²) in [6.45, 7) is 2.77. The van der Waals surface area contributed by atoms with Crippen molar-refractivity contribution in [3.63, 3.8) is 0 Å². The lowest BCUT2D eigenvalue weighted by Crippen LogP contribution is -2.08. The molecule has 3 rings (SSSR count). The first-order chi connectivity index (χ1) is 12.9. The summed E-state index contributed by atoms with van der Waals surface area (Å²) >= 11 is 13.5. The fourth-order valence-electron chi connectivity index (χ4n) is 2.63. The molecule has 3 aromatic rings. The second-order valence-electron chi connectivity index (χ2n) is 5.88. The Morgan fingerprint density at radius 2 is 2.07 bits per heavy atom. The number of ketones is 1. The number of methoxy groups -OCH3 is 1. The molecular formula is C18H18Cl2N4O2S. The number of nitrogen functional groups attached to an aromatic ring is 1. The number of nitrogens with two attached hydrogens (primary N) is 1. The number of thiophene rings is 1. The summed E-state index contributed by atoms with van der Waals surface area (Å²) in [6.07, 6.45) is 0.811. The van der Waals surface area contributed by atoms with E-state index in [9.17, 15) is 4.79 Å². The summed E-state index contributed by atoms with van der Waals surface area (Å²) in [4.78, 5) is 22.2. The van der Waals surface area contributed by atoms with Crippen LogP contribution in [0, 0.1) is 0 Å². The number of Topliss-reactive ketones (excluding diaryl/α,β-unsaturated/α-hetero) is 1. The molecule has 6 nitrogen and oxygen atoms in total. The fourth-order valence-corrected chi connectivity index (χ4v) is 3.92. The molecule has 0 bridgehead atoms. The largest absolute Gasteiger partial charge is 0.397 e. The van der Waals surface area contributed by atoms with Crippen LogP contribution in [0.5, 0.6) is 0 Å². The Labute approximate surface area is 170 Å². The van der Waals surface area contributed by atoms with Crippen molar-refractivity contribution in [1.29, 1.82) is 0 Å². The first-order valence-corrected chi connectivity index (χ1v) is 9.78. The molecule has 27 heavy (non-hydrogen) atoms. The standard InChI is InChI=1S/C18H18Cl2N4O2S/c1-9(25)16-14(21)13-15(10-4-5-11(19)12(20)8-10)23-18(24-17(13)27-16)22-6-3-7-26-2/h4-5,8H,3,6-7,21H2,1-2H3,(H,22,23,24). The molecule has 0 atom stereocenters. The monoisotopic (exact) mass is 424 g/mol. The lowest BCUT2D eigenvalue weighted by Gasteiger charge is -2.09. The number of aromatic nitrogens is 2. The summed E-state index contributed by atoms with van der Waals surface area (Å²) in [5.74, 6) is 0.348. The number of hydrogen-bond acceptors (Lipinski definition) is 7. The van der Waals surface area contributed by atoms with Gasteiger partial charge >= 0.3 is 0 Å². The first-order valence-electron chi connectivity index (χ1n) is 8.21. The minimum atomic E-state index is -0.106. The van der Waals surface area contributed by atoms with Gasteiger partial charge in [0.2, 0.25) is 5.95 Å². The lowest BCUT2D eigenvalue weighted by molar-refractivity contribution is 0.102. The molecular weight excluding hydrogens is 407 g/mol. The second kappa shape index (κ2) is 8.39. The van der Waals surface area contributed by atoms with Gasteiger partial charge in [0.15, 0.2) is 5.78 Å². The molecule has 0 aliphatic heterocycles. The Balaban J connectivity index is 2.14. The SMILES string of the molecule is COCCCNc1nc(-c2ccc(Cl)c(Cl)c2)c2c(N)c(C(C)=O)sc2n1. The van der Waals surface area contributed by atoms with Crippen molar-refractivity contribution in [3.8, 4) is 11.3 Å². The van der Waals surface area contributed by atoms with Crippen LogP contribution in [0.25, 0.3) is 21.5 Å². The summed E-state index contributed by atoms with van der Waals surface area (Å²) in [5, 5.41) is 4.69. The molecule has 1 aromatic carbocycles. The van der Waals surface area contributed by atoms with Crippen molar-refractivity contribution in [2.24, 2.45) is 0 Å². The van der Waals surface area contributed by atoms with Crippen molar-refractivity contribution < 1.29 is 9.53 Å². The van der Waals surface area contributed by atoms with Crippen LogP contribution < -0.4 is 11.1 Å².